The van der Waals surface area contributed by atoms with E-state index in [0.29, 0.717) is 0 Å². The Labute approximate surface area is 146 Å². The van der Waals surface area contributed by atoms with E-state index in [1.807, 2.05) is 0 Å². The van der Waals surface area contributed by atoms with Crippen LogP contribution < -0.4 is 0 Å². The monoisotopic (exact) mass is 321 g/mol. The highest BCUT2D eigenvalue weighted by atomic mass is 15.1. The fraction of sp³-hybridized carbons (Fsp3) is 0.909. The van der Waals surface area contributed by atoms with Crippen LogP contribution in [0, 0.1) is 0 Å². The minimum Gasteiger partial charge on any atom is -0.297 e. The summed E-state index contributed by atoms with van der Waals surface area (Å²) in [7, 11) is 0. The first-order valence-corrected chi connectivity index (χ1v) is 10.8. The van der Waals surface area contributed by atoms with Crippen LogP contribution in [-0.4, -0.2) is 24.0 Å². The Bertz CT molecular complexity index is 255. The highest BCUT2D eigenvalue weighted by Gasteiger charge is 2.16. The lowest BCUT2D eigenvalue weighted by Gasteiger charge is -2.31. The van der Waals surface area contributed by atoms with Gasteiger partial charge in [-0.25, -0.2) is 0 Å². The topological polar surface area (TPSA) is 3.24 Å². The molecule has 0 bridgehead atoms. The second-order valence-corrected chi connectivity index (χ2v) is 7.50. The molecule has 1 aliphatic rings. The number of rotatable bonds is 15. The van der Waals surface area contributed by atoms with Crippen molar-refractivity contribution in [2.24, 2.45) is 0 Å². The van der Waals surface area contributed by atoms with Gasteiger partial charge in [0.1, 0.15) is 0 Å². The molecular weight excluding hydrogens is 278 g/mol. The van der Waals surface area contributed by atoms with Crippen molar-refractivity contribution in [3.8, 4) is 0 Å². The zero-order chi connectivity index (χ0) is 16.6. The summed E-state index contributed by atoms with van der Waals surface area (Å²) in [5.41, 5.74) is 0. The molecule has 0 amide bonds. The molecule has 0 spiro atoms. The summed E-state index contributed by atoms with van der Waals surface area (Å²) in [6.07, 6.45) is 26.0. The average molecular weight is 322 g/mol. The zero-order valence-electron chi connectivity index (χ0n) is 16.2. The van der Waals surface area contributed by atoms with E-state index < -0.39 is 0 Å². The second-order valence-electron chi connectivity index (χ2n) is 7.50. The molecule has 1 aliphatic carbocycles. The van der Waals surface area contributed by atoms with Crippen LogP contribution in [0.5, 0.6) is 0 Å². The van der Waals surface area contributed by atoms with Gasteiger partial charge >= 0.3 is 0 Å². The van der Waals surface area contributed by atoms with Gasteiger partial charge in [0.15, 0.2) is 0 Å². The van der Waals surface area contributed by atoms with Crippen LogP contribution in [-0.2, 0) is 0 Å². The fourth-order valence-corrected chi connectivity index (χ4v) is 3.73. The molecule has 1 heteroatoms. The van der Waals surface area contributed by atoms with E-state index in [1.165, 1.54) is 109 Å². The van der Waals surface area contributed by atoms with Crippen molar-refractivity contribution in [2.45, 2.75) is 116 Å². The molecule has 0 saturated heterocycles. The lowest BCUT2D eigenvalue weighted by molar-refractivity contribution is 0.204. The molecule has 1 nitrogen and oxygen atoms in total. The van der Waals surface area contributed by atoms with E-state index in [9.17, 15) is 0 Å². The van der Waals surface area contributed by atoms with Crippen molar-refractivity contribution in [3.05, 3.63) is 12.2 Å². The molecule has 23 heavy (non-hydrogen) atoms. The molecule has 0 aromatic heterocycles. The molecule has 0 unspecified atom stereocenters. The van der Waals surface area contributed by atoms with Crippen LogP contribution in [0.15, 0.2) is 12.2 Å². The van der Waals surface area contributed by atoms with Gasteiger partial charge in [-0.3, -0.25) is 4.90 Å². The van der Waals surface area contributed by atoms with Gasteiger partial charge in [-0.15, -0.1) is 0 Å². The highest BCUT2D eigenvalue weighted by molar-refractivity contribution is 4.98. The highest BCUT2D eigenvalue weighted by Crippen LogP contribution is 2.19. The Kier molecular flexibility index (Phi) is 13.7. The van der Waals surface area contributed by atoms with Crippen molar-refractivity contribution in [3.63, 3.8) is 0 Å². The van der Waals surface area contributed by atoms with Gasteiger partial charge in [-0.05, 0) is 45.2 Å². The van der Waals surface area contributed by atoms with Gasteiger partial charge in [-0.1, -0.05) is 90.2 Å². The van der Waals surface area contributed by atoms with Crippen molar-refractivity contribution < 1.29 is 0 Å². The molecule has 0 saturated carbocycles. The third-order valence-electron chi connectivity index (χ3n) is 5.30. The van der Waals surface area contributed by atoms with E-state index >= 15 is 0 Å². The fourth-order valence-electron chi connectivity index (χ4n) is 3.73. The van der Waals surface area contributed by atoms with E-state index in [4.69, 9.17) is 0 Å². The maximum absolute atomic E-state index is 2.80. The van der Waals surface area contributed by atoms with Crippen molar-refractivity contribution in [1.82, 2.24) is 4.90 Å². The standard InChI is InChI=1S/C22H43N/c1-3-5-7-9-11-16-20-23(22-18-14-13-15-19-22)21-17-12-10-8-6-4-2/h14,18,22H,3-13,15-17,19-21H2,1-2H3/t22-/m1/s1. The summed E-state index contributed by atoms with van der Waals surface area (Å²) in [6, 6.07) is 0.745. The first-order valence-electron chi connectivity index (χ1n) is 10.8. The van der Waals surface area contributed by atoms with E-state index in [2.05, 4.69) is 30.9 Å². The predicted octanol–water partition coefficient (Wildman–Crippen LogP) is 7.12. The van der Waals surface area contributed by atoms with Gasteiger partial charge in [-0.2, -0.15) is 0 Å². The number of hydrogen-bond donors (Lipinski definition) is 0. The molecule has 0 heterocycles. The van der Waals surface area contributed by atoms with E-state index in [0.717, 1.165) is 6.04 Å². The largest absolute Gasteiger partial charge is 0.297 e. The van der Waals surface area contributed by atoms with Gasteiger partial charge in [0.25, 0.3) is 0 Å². The number of hydrogen-bond acceptors (Lipinski definition) is 1. The third kappa shape index (κ3) is 11.0. The lowest BCUT2D eigenvalue weighted by Crippen LogP contribution is -2.36. The van der Waals surface area contributed by atoms with Crippen LogP contribution in [0.1, 0.15) is 110 Å². The van der Waals surface area contributed by atoms with Gasteiger partial charge in [0.2, 0.25) is 0 Å². The normalized spacial score (nSPS) is 18.0. The van der Waals surface area contributed by atoms with Crippen molar-refractivity contribution in [2.75, 3.05) is 13.1 Å². The van der Waals surface area contributed by atoms with Gasteiger partial charge < -0.3 is 0 Å². The smallest absolute Gasteiger partial charge is 0.0278 e. The van der Waals surface area contributed by atoms with Crippen molar-refractivity contribution >= 4 is 0 Å². The summed E-state index contributed by atoms with van der Waals surface area (Å²) < 4.78 is 0. The Hall–Kier alpha value is -0.300. The molecule has 0 aromatic carbocycles. The Balaban J connectivity index is 2.20. The summed E-state index contributed by atoms with van der Waals surface area (Å²) in [4.78, 5) is 2.80. The number of allylic oxidation sites excluding steroid dienone is 1. The molecule has 0 radical (unpaired) electrons. The van der Waals surface area contributed by atoms with Crippen LogP contribution in [0.4, 0.5) is 0 Å². The molecule has 136 valence electrons. The first kappa shape index (κ1) is 20.7. The Morgan fingerprint density at radius 3 is 1.74 bits per heavy atom. The summed E-state index contributed by atoms with van der Waals surface area (Å²) in [5, 5.41) is 0. The molecule has 1 atom stereocenters. The molecule has 1 rings (SSSR count). The molecule has 0 aromatic rings. The molecule has 0 N–H and O–H groups in total. The quantitative estimate of drug-likeness (QED) is 0.229. The van der Waals surface area contributed by atoms with Crippen LogP contribution in [0.2, 0.25) is 0 Å². The minimum absolute atomic E-state index is 0.745. The lowest BCUT2D eigenvalue weighted by atomic mass is 10.00. The van der Waals surface area contributed by atoms with Crippen LogP contribution in [0.25, 0.3) is 0 Å². The summed E-state index contributed by atoms with van der Waals surface area (Å²) >= 11 is 0. The maximum Gasteiger partial charge on any atom is 0.0278 e. The average Bonchev–Trinajstić information content (AvgIpc) is 2.60. The predicted molar refractivity (Wildman–Crippen MR) is 105 cm³/mol. The molecule has 0 fully saturated rings. The first-order chi connectivity index (χ1) is 11.4. The maximum atomic E-state index is 2.80. The molecule has 0 aliphatic heterocycles. The minimum atomic E-state index is 0.745. The van der Waals surface area contributed by atoms with Crippen LogP contribution >= 0.6 is 0 Å². The van der Waals surface area contributed by atoms with E-state index in [1.54, 1.807) is 0 Å². The SMILES string of the molecule is CCCCCCCCN(CCCCCCCC)[C@@H]1C=CCCC1. The van der Waals surface area contributed by atoms with Gasteiger partial charge in [0, 0.05) is 6.04 Å². The summed E-state index contributed by atoms with van der Waals surface area (Å²) in [6.45, 7) is 7.27. The number of unbranched alkanes of at least 4 members (excludes halogenated alkanes) is 10. The Morgan fingerprint density at radius 1 is 0.739 bits per heavy atom. The molecular formula is C22H43N. The second kappa shape index (κ2) is 15.2. The Morgan fingerprint density at radius 2 is 1.26 bits per heavy atom. The number of nitrogens with zero attached hydrogens (tertiary/aromatic N) is 1. The van der Waals surface area contributed by atoms with E-state index in [-0.39, 0.29) is 0 Å². The van der Waals surface area contributed by atoms with Gasteiger partial charge in [0.05, 0.1) is 0 Å². The van der Waals surface area contributed by atoms with Crippen LogP contribution in [0.3, 0.4) is 0 Å². The van der Waals surface area contributed by atoms with Crippen molar-refractivity contribution in [1.29, 1.82) is 0 Å². The third-order valence-corrected chi connectivity index (χ3v) is 5.30. The summed E-state index contributed by atoms with van der Waals surface area (Å²) in [5.74, 6) is 0. The zero-order valence-corrected chi connectivity index (χ0v) is 16.2.